The monoisotopic (exact) mass is 424 g/mol. The van der Waals surface area contributed by atoms with Crippen molar-refractivity contribution in [1.82, 2.24) is 10.6 Å². The van der Waals surface area contributed by atoms with Gasteiger partial charge < -0.3 is 20.8 Å². The third kappa shape index (κ3) is 6.94. The molecule has 2 aliphatic carbocycles. The third-order valence-corrected chi connectivity index (χ3v) is 6.97. The minimum Gasteiger partial charge on any atom is -0.388 e. The zero-order valence-electron chi connectivity index (χ0n) is 19.5. The summed E-state index contributed by atoms with van der Waals surface area (Å²) in [5.74, 6) is -0.817. The molecule has 0 bridgehead atoms. The second kappa shape index (κ2) is 10.9. The van der Waals surface area contributed by atoms with Crippen LogP contribution in [0, 0.1) is 11.8 Å². The third-order valence-electron chi connectivity index (χ3n) is 6.97. The highest BCUT2D eigenvalue weighted by molar-refractivity contribution is 6.35. The standard InChI is InChI=1S/C24H44N2O4/c1-17(2)15-19(23(29)11-7-5-8-12-23)25-21(27)22(28)26-20(16-18(3)4)24(30)13-9-6-10-14-24/h17-20,29-30H,5-16H2,1-4H3,(H,25,27)(H,26,28). The molecule has 2 rings (SSSR count). The predicted octanol–water partition coefficient (Wildman–Crippen LogP) is 3.44. The summed E-state index contributed by atoms with van der Waals surface area (Å²) in [5.41, 5.74) is -1.89. The van der Waals surface area contributed by atoms with Crippen molar-refractivity contribution in [3.8, 4) is 0 Å². The van der Waals surface area contributed by atoms with Crippen LogP contribution in [0.2, 0.25) is 0 Å². The minimum absolute atomic E-state index is 0.293. The highest BCUT2D eigenvalue weighted by atomic mass is 16.3. The summed E-state index contributed by atoms with van der Waals surface area (Å²) in [6.07, 6.45) is 9.85. The van der Waals surface area contributed by atoms with Gasteiger partial charge in [-0.05, 0) is 50.4 Å². The first-order valence-electron chi connectivity index (χ1n) is 12.1. The van der Waals surface area contributed by atoms with Crippen LogP contribution >= 0.6 is 0 Å². The lowest BCUT2D eigenvalue weighted by Crippen LogP contribution is -2.60. The fourth-order valence-corrected chi connectivity index (χ4v) is 5.24. The van der Waals surface area contributed by atoms with Crippen LogP contribution in [0.4, 0.5) is 0 Å². The Morgan fingerprint density at radius 2 is 0.967 bits per heavy atom. The van der Waals surface area contributed by atoms with E-state index in [0.717, 1.165) is 38.5 Å². The lowest BCUT2D eigenvalue weighted by atomic mass is 9.76. The molecule has 30 heavy (non-hydrogen) atoms. The molecule has 0 saturated heterocycles. The van der Waals surface area contributed by atoms with E-state index in [1.54, 1.807) is 0 Å². The molecular weight excluding hydrogens is 380 g/mol. The molecule has 0 heterocycles. The lowest BCUT2D eigenvalue weighted by molar-refractivity contribution is -0.143. The summed E-state index contributed by atoms with van der Waals surface area (Å²) in [5, 5.41) is 28.0. The Morgan fingerprint density at radius 1 is 0.667 bits per heavy atom. The molecule has 0 aromatic carbocycles. The molecule has 0 aromatic rings. The van der Waals surface area contributed by atoms with Crippen LogP contribution in [-0.2, 0) is 9.59 Å². The van der Waals surface area contributed by atoms with Crippen LogP contribution in [-0.4, -0.2) is 45.3 Å². The van der Waals surface area contributed by atoms with Crippen molar-refractivity contribution in [2.75, 3.05) is 0 Å². The summed E-state index contributed by atoms with van der Waals surface area (Å²) in [4.78, 5) is 25.6. The van der Waals surface area contributed by atoms with Crippen molar-refractivity contribution < 1.29 is 19.8 Å². The van der Waals surface area contributed by atoms with E-state index in [4.69, 9.17) is 0 Å². The van der Waals surface area contributed by atoms with Gasteiger partial charge >= 0.3 is 11.8 Å². The zero-order chi connectivity index (χ0) is 22.4. The van der Waals surface area contributed by atoms with Gasteiger partial charge in [0.1, 0.15) is 0 Å². The summed E-state index contributed by atoms with van der Waals surface area (Å²) in [7, 11) is 0. The molecule has 0 radical (unpaired) electrons. The Labute approximate surface area is 182 Å². The van der Waals surface area contributed by atoms with Crippen LogP contribution in [0.25, 0.3) is 0 Å². The molecule has 2 saturated carbocycles. The number of amides is 2. The average Bonchev–Trinajstić information content (AvgIpc) is 2.67. The maximum absolute atomic E-state index is 12.8. The van der Waals surface area contributed by atoms with Crippen LogP contribution in [0.1, 0.15) is 105 Å². The SMILES string of the molecule is CC(C)CC(NC(=O)C(=O)NC(CC(C)C)C1(O)CCCCC1)C1(O)CCCCC1. The molecule has 2 aliphatic rings. The molecule has 2 unspecified atom stereocenters. The van der Waals surface area contributed by atoms with Gasteiger partial charge in [0.2, 0.25) is 0 Å². The molecule has 2 amide bonds. The molecule has 6 nitrogen and oxygen atoms in total. The van der Waals surface area contributed by atoms with E-state index in [9.17, 15) is 19.8 Å². The summed E-state index contributed by atoms with van der Waals surface area (Å²) < 4.78 is 0. The second-order valence-electron chi connectivity index (χ2n) is 10.6. The molecule has 0 aliphatic heterocycles. The maximum atomic E-state index is 12.8. The van der Waals surface area contributed by atoms with Gasteiger partial charge in [0.05, 0.1) is 23.3 Å². The molecular formula is C24H44N2O4. The Bertz CT molecular complexity index is 514. The molecule has 0 spiro atoms. The first kappa shape index (κ1) is 25.1. The predicted molar refractivity (Wildman–Crippen MR) is 119 cm³/mol. The van der Waals surface area contributed by atoms with E-state index < -0.39 is 35.1 Å². The average molecular weight is 425 g/mol. The van der Waals surface area contributed by atoms with Crippen molar-refractivity contribution in [1.29, 1.82) is 0 Å². The Balaban J connectivity index is 2.07. The molecule has 174 valence electrons. The highest BCUT2D eigenvalue weighted by Crippen LogP contribution is 2.34. The van der Waals surface area contributed by atoms with E-state index >= 15 is 0 Å². The van der Waals surface area contributed by atoms with Gasteiger partial charge in [-0.15, -0.1) is 0 Å². The van der Waals surface area contributed by atoms with Gasteiger partial charge in [0, 0.05) is 0 Å². The van der Waals surface area contributed by atoms with Crippen LogP contribution in [0.15, 0.2) is 0 Å². The van der Waals surface area contributed by atoms with Crippen molar-refractivity contribution >= 4 is 11.8 Å². The van der Waals surface area contributed by atoms with Crippen molar-refractivity contribution in [3.05, 3.63) is 0 Å². The van der Waals surface area contributed by atoms with Gasteiger partial charge in [-0.1, -0.05) is 66.2 Å². The van der Waals surface area contributed by atoms with E-state index in [-0.39, 0.29) is 0 Å². The molecule has 6 heteroatoms. The van der Waals surface area contributed by atoms with Crippen LogP contribution in [0.3, 0.4) is 0 Å². The largest absolute Gasteiger partial charge is 0.388 e. The Morgan fingerprint density at radius 3 is 1.23 bits per heavy atom. The second-order valence-corrected chi connectivity index (χ2v) is 10.6. The van der Waals surface area contributed by atoms with Crippen molar-refractivity contribution in [2.45, 2.75) is 128 Å². The molecule has 0 aromatic heterocycles. The Hall–Kier alpha value is -1.14. The molecule has 2 fully saturated rings. The molecule has 4 N–H and O–H groups in total. The smallest absolute Gasteiger partial charge is 0.309 e. The van der Waals surface area contributed by atoms with Gasteiger partial charge in [0.15, 0.2) is 0 Å². The number of carbonyl (C=O) groups excluding carboxylic acids is 2. The fourth-order valence-electron chi connectivity index (χ4n) is 5.24. The molecule has 2 atom stereocenters. The number of carbonyl (C=O) groups is 2. The topological polar surface area (TPSA) is 98.7 Å². The number of aliphatic hydroxyl groups is 2. The summed E-state index contributed by atoms with van der Waals surface area (Å²) >= 11 is 0. The first-order valence-corrected chi connectivity index (χ1v) is 12.1. The first-order chi connectivity index (χ1) is 14.1. The number of nitrogens with one attached hydrogen (secondary N) is 2. The van der Waals surface area contributed by atoms with E-state index in [1.165, 1.54) is 0 Å². The van der Waals surface area contributed by atoms with Gasteiger partial charge in [0.25, 0.3) is 0 Å². The van der Waals surface area contributed by atoms with E-state index in [1.807, 2.05) is 0 Å². The van der Waals surface area contributed by atoms with E-state index in [2.05, 4.69) is 38.3 Å². The fraction of sp³-hybridized carbons (Fsp3) is 0.917. The van der Waals surface area contributed by atoms with E-state index in [0.29, 0.717) is 50.4 Å². The summed E-state index contributed by atoms with van der Waals surface area (Å²) in [6, 6.07) is -0.866. The highest BCUT2D eigenvalue weighted by Gasteiger charge is 2.42. The van der Waals surface area contributed by atoms with Gasteiger partial charge in [-0.2, -0.15) is 0 Å². The van der Waals surface area contributed by atoms with Crippen LogP contribution < -0.4 is 10.6 Å². The van der Waals surface area contributed by atoms with Gasteiger partial charge in [-0.3, -0.25) is 9.59 Å². The van der Waals surface area contributed by atoms with Crippen molar-refractivity contribution in [3.63, 3.8) is 0 Å². The number of rotatable bonds is 8. The number of hydrogen-bond acceptors (Lipinski definition) is 4. The maximum Gasteiger partial charge on any atom is 0.309 e. The normalized spacial score (nSPS) is 23.1. The quantitative estimate of drug-likeness (QED) is 0.449. The lowest BCUT2D eigenvalue weighted by Gasteiger charge is -2.41. The van der Waals surface area contributed by atoms with Crippen molar-refractivity contribution in [2.24, 2.45) is 11.8 Å². The minimum atomic E-state index is -0.947. The van der Waals surface area contributed by atoms with Gasteiger partial charge in [-0.25, -0.2) is 0 Å². The zero-order valence-corrected chi connectivity index (χ0v) is 19.5. The number of hydrogen-bond donors (Lipinski definition) is 4. The van der Waals surface area contributed by atoms with Crippen LogP contribution in [0.5, 0.6) is 0 Å². The Kier molecular flexibility index (Phi) is 9.16. The summed E-state index contributed by atoms with van der Waals surface area (Å²) in [6.45, 7) is 8.23.